The molecule has 0 aliphatic heterocycles. The molecule has 15 rings (SSSR count). The first-order valence-corrected chi connectivity index (χ1v) is 27.3. The van der Waals surface area contributed by atoms with Gasteiger partial charge in [-0.05, 0) is 138 Å². The maximum atomic E-state index is 2.45. The van der Waals surface area contributed by atoms with E-state index in [2.05, 4.69) is 325 Å². The molecule has 0 atom stereocenters. The Morgan fingerprint density at radius 2 is 0.734 bits per heavy atom. The van der Waals surface area contributed by atoms with Crippen LogP contribution in [0, 0.1) is 0 Å². The highest BCUT2D eigenvalue weighted by Crippen LogP contribution is 2.57. The van der Waals surface area contributed by atoms with E-state index in [1.807, 2.05) is 0 Å². The second-order valence-electron chi connectivity index (χ2n) is 20.7. The van der Waals surface area contributed by atoms with Crippen LogP contribution in [-0.2, 0) is 5.41 Å². The van der Waals surface area contributed by atoms with Crippen LogP contribution < -0.4 is 4.90 Å². The third-order valence-electron chi connectivity index (χ3n) is 16.5. The highest BCUT2D eigenvalue weighted by molar-refractivity contribution is 6.19. The zero-order valence-electron chi connectivity index (χ0n) is 43.4. The molecular formula is C77H52N2. The van der Waals surface area contributed by atoms with Crippen molar-refractivity contribution in [2.24, 2.45) is 0 Å². The van der Waals surface area contributed by atoms with Crippen LogP contribution in [0.4, 0.5) is 17.1 Å². The van der Waals surface area contributed by atoms with E-state index in [1.165, 1.54) is 99.3 Å². The van der Waals surface area contributed by atoms with Crippen molar-refractivity contribution in [3.8, 4) is 61.3 Å². The minimum atomic E-state index is -0.492. The molecule has 2 nitrogen and oxygen atoms in total. The Labute approximate surface area is 461 Å². The van der Waals surface area contributed by atoms with Gasteiger partial charge in [0, 0.05) is 38.9 Å². The normalized spacial score (nSPS) is 12.4. The van der Waals surface area contributed by atoms with Crippen molar-refractivity contribution in [1.29, 1.82) is 0 Å². The van der Waals surface area contributed by atoms with Gasteiger partial charge >= 0.3 is 0 Å². The van der Waals surface area contributed by atoms with Gasteiger partial charge in [-0.2, -0.15) is 0 Å². The number of rotatable bonds is 10. The fourth-order valence-electron chi connectivity index (χ4n) is 13.0. The summed E-state index contributed by atoms with van der Waals surface area (Å²) < 4.78 is 2.45. The molecular weight excluding hydrogens is 953 g/mol. The molecule has 1 aliphatic rings. The number of hydrogen-bond acceptors (Lipinski definition) is 1. The standard InChI is InChI=1S/C77H52N2/c1-5-21-54(22-6-1)64-30-15-17-33-67(64)68-34-18-16-31-65(68)56-39-45-62(46-40-56)78(63-47-50-74-72(52-63)69-35-19-20-36-73(69)77(74,58-24-7-2-8-25-58)59-26-9-3-10-27-59)61-43-37-53(38-44-61)57-42-48-70-71-49-41-55-23-13-14-32-66(55)76(71)79(75(70)51-57)60-28-11-4-12-29-60/h1-52H. The van der Waals surface area contributed by atoms with E-state index in [4.69, 9.17) is 0 Å². The SMILES string of the molecule is c1ccc(-c2ccccc2-c2ccccc2-c2ccc(N(c3ccc(-c4ccc5c6ccc7ccccc7c6n(-c6ccccc6)c5c4)cc3)c3ccc4c(c3)-c3ccccc3C4(c3ccccc3)c3ccccc3)cc2)cc1. The fraction of sp³-hybridized carbons (Fsp3) is 0.0130. The number of hydrogen-bond donors (Lipinski definition) is 0. The van der Waals surface area contributed by atoms with Gasteiger partial charge in [0.15, 0.2) is 0 Å². The van der Waals surface area contributed by atoms with Gasteiger partial charge in [0.1, 0.15) is 0 Å². The van der Waals surface area contributed by atoms with Crippen molar-refractivity contribution in [3.05, 3.63) is 338 Å². The molecule has 0 fully saturated rings. The first-order valence-electron chi connectivity index (χ1n) is 27.3. The van der Waals surface area contributed by atoms with Crippen LogP contribution in [-0.4, -0.2) is 4.57 Å². The summed E-state index contributed by atoms with van der Waals surface area (Å²) in [5, 5.41) is 4.98. The number of anilines is 3. The molecule has 0 amide bonds. The van der Waals surface area contributed by atoms with Crippen molar-refractivity contribution >= 4 is 49.6 Å². The molecule has 14 aromatic rings. The van der Waals surface area contributed by atoms with Crippen LogP contribution in [0.2, 0.25) is 0 Å². The summed E-state index contributed by atoms with van der Waals surface area (Å²) in [5.74, 6) is 0. The molecule has 0 saturated carbocycles. The number of fused-ring (bicyclic) bond motifs is 8. The Bertz CT molecular complexity index is 4520. The monoisotopic (exact) mass is 1000 g/mol. The van der Waals surface area contributed by atoms with Gasteiger partial charge < -0.3 is 9.47 Å². The highest BCUT2D eigenvalue weighted by Gasteiger charge is 2.46. The predicted molar refractivity (Wildman–Crippen MR) is 332 cm³/mol. The van der Waals surface area contributed by atoms with Crippen LogP contribution >= 0.6 is 0 Å². The lowest BCUT2D eigenvalue weighted by Crippen LogP contribution is -2.28. The Balaban J connectivity index is 0.881. The lowest BCUT2D eigenvalue weighted by Gasteiger charge is -2.34. The molecule has 0 unspecified atom stereocenters. The molecule has 13 aromatic carbocycles. The summed E-state index contributed by atoms with van der Waals surface area (Å²) in [6, 6.07) is 116. The van der Waals surface area contributed by atoms with E-state index in [1.54, 1.807) is 0 Å². The smallest absolute Gasteiger partial charge is 0.0713 e. The van der Waals surface area contributed by atoms with E-state index in [9.17, 15) is 0 Å². The van der Waals surface area contributed by atoms with E-state index < -0.39 is 5.41 Å². The molecule has 1 heterocycles. The minimum Gasteiger partial charge on any atom is -0.310 e. The molecule has 0 saturated heterocycles. The first-order chi connectivity index (χ1) is 39.2. The molecule has 79 heavy (non-hydrogen) atoms. The summed E-state index contributed by atoms with van der Waals surface area (Å²) in [6.07, 6.45) is 0. The molecule has 2 heteroatoms. The lowest BCUT2D eigenvalue weighted by atomic mass is 9.68. The maximum absolute atomic E-state index is 2.45. The van der Waals surface area contributed by atoms with Gasteiger partial charge in [-0.15, -0.1) is 0 Å². The lowest BCUT2D eigenvalue weighted by molar-refractivity contribution is 0.768. The molecule has 1 aromatic heterocycles. The maximum Gasteiger partial charge on any atom is 0.0713 e. The Morgan fingerprint density at radius 3 is 1.38 bits per heavy atom. The number of aromatic nitrogens is 1. The van der Waals surface area contributed by atoms with Crippen LogP contribution in [0.5, 0.6) is 0 Å². The number of nitrogens with zero attached hydrogens (tertiary/aromatic N) is 2. The second-order valence-corrected chi connectivity index (χ2v) is 20.7. The molecule has 0 radical (unpaired) electrons. The van der Waals surface area contributed by atoms with E-state index in [0.717, 1.165) is 33.9 Å². The third kappa shape index (κ3) is 7.56. The largest absolute Gasteiger partial charge is 0.310 e. The molecule has 0 bridgehead atoms. The van der Waals surface area contributed by atoms with Crippen LogP contribution in [0.15, 0.2) is 315 Å². The van der Waals surface area contributed by atoms with Crippen LogP contribution in [0.1, 0.15) is 22.3 Å². The average molecular weight is 1010 g/mol. The molecule has 0 spiro atoms. The molecule has 0 N–H and O–H groups in total. The fourth-order valence-corrected chi connectivity index (χ4v) is 13.0. The summed E-state index contributed by atoms with van der Waals surface area (Å²) >= 11 is 0. The van der Waals surface area contributed by atoms with Gasteiger partial charge in [-0.3, -0.25) is 0 Å². The van der Waals surface area contributed by atoms with Gasteiger partial charge in [-0.1, -0.05) is 261 Å². The van der Waals surface area contributed by atoms with Crippen LogP contribution in [0.3, 0.4) is 0 Å². The molecule has 370 valence electrons. The zero-order valence-corrected chi connectivity index (χ0v) is 43.4. The van der Waals surface area contributed by atoms with Crippen molar-refractivity contribution in [3.63, 3.8) is 0 Å². The topological polar surface area (TPSA) is 8.17 Å². The van der Waals surface area contributed by atoms with Crippen molar-refractivity contribution in [2.45, 2.75) is 5.41 Å². The minimum absolute atomic E-state index is 0.492. The van der Waals surface area contributed by atoms with Crippen molar-refractivity contribution in [2.75, 3.05) is 4.90 Å². The van der Waals surface area contributed by atoms with Crippen molar-refractivity contribution < 1.29 is 0 Å². The molecule has 1 aliphatic carbocycles. The first kappa shape index (κ1) is 46.1. The van der Waals surface area contributed by atoms with E-state index in [-0.39, 0.29) is 0 Å². The van der Waals surface area contributed by atoms with Gasteiger partial charge in [-0.25, -0.2) is 0 Å². The summed E-state index contributed by atoms with van der Waals surface area (Å²) in [4.78, 5) is 2.43. The number of benzene rings is 13. The zero-order chi connectivity index (χ0) is 52.3. The summed E-state index contributed by atoms with van der Waals surface area (Å²) in [6.45, 7) is 0. The Kier molecular flexibility index (Phi) is 11.1. The number of para-hydroxylation sites is 1. The summed E-state index contributed by atoms with van der Waals surface area (Å²) in [5.41, 5.74) is 23.4. The Morgan fingerprint density at radius 1 is 0.266 bits per heavy atom. The Hall–Kier alpha value is -10.3. The average Bonchev–Trinajstić information content (AvgIpc) is 4.24. The quantitative estimate of drug-likeness (QED) is 0.133. The highest BCUT2D eigenvalue weighted by atomic mass is 15.1. The third-order valence-corrected chi connectivity index (χ3v) is 16.5. The van der Waals surface area contributed by atoms with E-state index in [0.29, 0.717) is 0 Å². The van der Waals surface area contributed by atoms with Gasteiger partial charge in [0.05, 0.1) is 16.4 Å². The second kappa shape index (κ2) is 19.1. The van der Waals surface area contributed by atoms with E-state index >= 15 is 0 Å². The van der Waals surface area contributed by atoms with Gasteiger partial charge in [0.2, 0.25) is 0 Å². The summed E-state index contributed by atoms with van der Waals surface area (Å²) in [7, 11) is 0. The van der Waals surface area contributed by atoms with Crippen LogP contribution in [0.25, 0.3) is 93.9 Å². The van der Waals surface area contributed by atoms with Gasteiger partial charge in [0.25, 0.3) is 0 Å². The van der Waals surface area contributed by atoms with Crippen molar-refractivity contribution in [1.82, 2.24) is 4.57 Å². The predicted octanol–water partition coefficient (Wildman–Crippen LogP) is 20.4.